The molecule has 2 aromatic rings. The molecule has 2 aromatic carbocycles. The minimum Gasteiger partial charge on any atom is -0.315 e. The summed E-state index contributed by atoms with van der Waals surface area (Å²) in [6, 6.07) is 18.3. The van der Waals surface area contributed by atoms with Crippen LogP contribution in [0.25, 0.3) is 0 Å². The zero-order chi connectivity index (χ0) is 17.4. The number of anilines is 1. The molecule has 0 aromatic heterocycles. The van der Waals surface area contributed by atoms with Crippen LogP contribution in [0.3, 0.4) is 0 Å². The molecule has 0 saturated carbocycles. The highest BCUT2D eigenvalue weighted by molar-refractivity contribution is 8.13. The van der Waals surface area contributed by atoms with Gasteiger partial charge < -0.3 is 4.90 Å². The number of benzene rings is 2. The summed E-state index contributed by atoms with van der Waals surface area (Å²) in [7, 11) is -3.00. The average molecular weight is 373 g/mol. The van der Waals surface area contributed by atoms with Gasteiger partial charge in [0.15, 0.2) is 15.0 Å². The predicted molar refractivity (Wildman–Crippen MR) is 105 cm³/mol. The van der Waals surface area contributed by atoms with E-state index >= 15 is 0 Å². The average Bonchev–Trinajstić information content (AvgIpc) is 3.06. The molecule has 6 heteroatoms. The molecule has 0 bridgehead atoms. The maximum Gasteiger partial charge on any atom is 0.164 e. The van der Waals surface area contributed by atoms with E-state index in [0.29, 0.717) is 0 Å². The maximum atomic E-state index is 12.0. The fourth-order valence-corrected chi connectivity index (χ4v) is 6.28. The molecule has 0 radical (unpaired) electrons. The lowest BCUT2D eigenvalue weighted by Crippen LogP contribution is -2.39. The number of aryl methyl sites for hydroxylation is 1. The Balaban J connectivity index is 1.59. The normalized spacial score (nSPS) is 24.2. The van der Waals surface area contributed by atoms with Crippen LogP contribution in [-0.2, 0) is 15.6 Å². The van der Waals surface area contributed by atoms with Crippen molar-refractivity contribution in [2.45, 2.75) is 24.8 Å². The van der Waals surface area contributed by atoms with E-state index in [4.69, 9.17) is 4.99 Å². The smallest absolute Gasteiger partial charge is 0.164 e. The van der Waals surface area contributed by atoms with Crippen molar-refractivity contribution in [2.75, 3.05) is 16.4 Å². The third-order valence-electron chi connectivity index (χ3n) is 4.63. The summed E-state index contributed by atoms with van der Waals surface area (Å²) in [5.74, 6) is 1.18. The number of fused-ring (bicyclic) bond motifs is 1. The summed E-state index contributed by atoms with van der Waals surface area (Å²) < 4.78 is 24.1. The fraction of sp³-hybridized carbons (Fsp3) is 0.316. The summed E-state index contributed by atoms with van der Waals surface area (Å²) in [5.41, 5.74) is 3.51. The van der Waals surface area contributed by atoms with Crippen molar-refractivity contribution in [3.8, 4) is 0 Å². The molecule has 25 heavy (non-hydrogen) atoms. The van der Waals surface area contributed by atoms with E-state index in [1.165, 1.54) is 11.1 Å². The summed E-state index contributed by atoms with van der Waals surface area (Å²) >= 11 is 1.68. The first-order chi connectivity index (χ1) is 12.0. The first-order valence-electron chi connectivity index (χ1n) is 8.33. The second-order valence-corrected chi connectivity index (χ2v) is 9.70. The molecule has 2 aliphatic rings. The molecular formula is C19H20N2O2S2. The van der Waals surface area contributed by atoms with Gasteiger partial charge in [0.2, 0.25) is 0 Å². The van der Waals surface area contributed by atoms with Crippen molar-refractivity contribution in [3.63, 3.8) is 0 Å². The number of rotatable bonds is 3. The minimum atomic E-state index is -3.00. The van der Waals surface area contributed by atoms with Crippen molar-refractivity contribution in [3.05, 3.63) is 65.7 Å². The highest BCUT2D eigenvalue weighted by Crippen LogP contribution is 2.35. The van der Waals surface area contributed by atoms with Crippen molar-refractivity contribution in [1.29, 1.82) is 0 Å². The van der Waals surface area contributed by atoms with Crippen LogP contribution >= 0.6 is 11.8 Å². The molecular weight excluding hydrogens is 352 g/mol. The second-order valence-electron chi connectivity index (χ2n) is 6.60. The third kappa shape index (κ3) is 3.46. The van der Waals surface area contributed by atoms with Gasteiger partial charge in [-0.3, -0.25) is 4.99 Å². The predicted octanol–water partition coefficient (Wildman–Crippen LogP) is 3.27. The molecule has 2 atom stereocenters. The van der Waals surface area contributed by atoms with Crippen molar-refractivity contribution < 1.29 is 8.42 Å². The molecule has 0 amide bonds. The SMILES string of the molecule is Cc1ccc(CSC2=N[C@@H]3CS(=O)(=O)C[C@@H]3N2c2ccccc2)cc1. The number of thioether (sulfide) groups is 1. The van der Waals surface area contributed by atoms with Gasteiger partial charge >= 0.3 is 0 Å². The molecule has 0 unspecified atom stereocenters. The largest absolute Gasteiger partial charge is 0.315 e. The van der Waals surface area contributed by atoms with E-state index in [1.807, 2.05) is 30.3 Å². The lowest BCUT2D eigenvalue weighted by Gasteiger charge is -2.26. The quantitative estimate of drug-likeness (QED) is 0.830. The molecule has 130 valence electrons. The van der Waals surface area contributed by atoms with Crippen LogP contribution < -0.4 is 4.90 Å². The van der Waals surface area contributed by atoms with E-state index in [-0.39, 0.29) is 23.6 Å². The van der Waals surface area contributed by atoms with Gasteiger partial charge in [0.05, 0.1) is 23.6 Å². The van der Waals surface area contributed by atoms with Crippen LogP contribution in [0.5, 0.6) is 0 Å². The molecule has 1 fully saturated rings. The van der Waals surface area contributed by atoms with Crippen LogP contribution in [-0.4, -0.2) is 37.2 Å². The number of para-hydroxylation sites is 1. The van der Waals surface area contributed by atoms with Gasteiger partial charge in [-0.2, -0.15) is 0 Å². The standard InChI is InChI=1S/C19H20N2O2S2/c1-14-7-9-15(10-8-14)11-24-19-20-17-12-25(22,23)13-18(17)21(19)16-5-3-2-4-6-16/h2-10,17-18H,11-13H2,1H3/t17-,18+/m1/s1. The van der Waals surface area contributed by atoms with Gasteiger partial charge in [-0.25, -0.2) is 8.42 Å². The van der Waals surface area contributed by atoms with Crippen LogP contribution in [0.15, 0.2) is 59.6 Å². The Bertz CT molecular complexity index is 893. The van der Waals surface area contributed by atoms with E-state index in [2.05, 4.69) is 36.1 Å². The Labute approximate surface area is 152 Å². The zero-order valence-corrected chi connectivity index (χ0v) is 15.6. The minimum absolute atomic E-state index is 0.0760. The van der Waals surface area contributed by atoms with Crippen molar-refractivity contribution in [1.82, 2.24) is 0 Å². The fourth-order valence-electron chi connectivity index (χ4n) is 3.36. The van der Waals surface area contributed by atoms with Gasteiger partial charge in [-0.1, -0.05) is 59.8 Å². The van der Waals surface area contributed by atoms with Crippen LogP contribution in [0, 0.1) is 6.92 Å². The first kappa shape index (κ1) is 16.7. The van der Waals surface area contributed by atoms with E-state index < -0.39 is 9.84 Å². The van der Waals surface area contributed by atoms with E-state index in [1.54, 1.807) is 11.8 Å². The topological polar surface area (TPSA) is 49.7 Å². The Hall–Kier alpha value is -1.79. The first-order valence-corrected chi connectivity index (χ1v) is 11.1. The van der Waals surface area contributed by atoms with Crippen molar-refractivity contribution >= 4 is 32.5 Å². The van der Waals surface area contributed by atoms with E-state index in [0.717, 1.165) is 16.6 Å². The van der Waals surface area contributed by atoms with Gasteiger partial charge in [0, 0.05) is 11.4 Å². The third-order valence-corrected chi connectivity index (χ3v) is 7.37. The Kier molecular flexibility index (Phi) is 4.33. The Morgan fingerprint density at radius 3 is 2.52 bits per heavy atom. The van der Waals surface area contributed by atoms with Gasteiger partial charge in [-0.05, 0) is 24.6 Å². The molecule has 2 aliphatic heterocycles. The van der Waals surface area contributed by atoms with Crippen molar-refractivity contribution in [2.24, 2.45) is 4.99 Å². The summed E-state index contributed by atoms with van der Waals surface area (Å²) in [6.07, 6.45) is 0. The number of hydrogen-bond donors (Lipinski definition) is 0. The molecule has 0 aliphatic carbocycles. The second kappa shape index (κ2) is 6.50. The molecule has 1 saturated heterocycles. The van der Waals surface area contributed by atoms with Crippen LogP contribution in [0.2, 0.25) is 0 Å². The number of hydrogen-bond acceptors (Lipinski definition) is 5. The van der Waals surface area contributed by atoms with Gasteiger partial charge in [0.25, 0.3) is 0 Å². The molecule has 4 rings (SSSR count). The lowest BCUT2D eigenvalue weighted by molar-refractivity contribution is 0.601. The summed E-state index contributed by atoms with van der Waals surface area (Å²) in [6.45, 7) is 2.08. The molecule has 0 N–H and O–H groups in total. The highest BCUT2D eigenvalue weighted by atomic mass is 32.2. The molecule has 0 spiro atoms. The summed E-state index contributed by atoms with van der Waals surface area (Å²) in [5, 5.41) is 0.927. The highest BCUT2D eigenvalue weighted by Gasteiger charge is 2.47. The monoisotopic (exact) mass is 372 g/mol. The maximum absolute atomic E-state index is 12.0. The zero-order valence-electron chi connectivity index (χ0n) is 14.0. The van der Waals surface area contributed by atoms with Gasteiger partial charge in [0.1, 0.15) is 0 Å². The van der Waals surface area contributed by atoms with Crippen LogP contribution in [0.4, 0.5) is 5.69 Å². The lowest BCUT2D eigenvalue weighted by atomic mass is 10.1. The molecule has 2 heterocycles. The van der Waals surface area contributed by atoms with Crippen LogP contribution in [0.1, 0.15) is 11.1 Å². The number of nitrogens with zero attached hydrogens (tertiary/aromatic N) is 2. The Morgan fingerprint density at radius 2 is 1.80 bits per heavy atom. The van der Waals surface area contributed by atoms with Gasteiger partial charge in [-0.15, -0.1) is 0 Å². The number of aliphatic imine (C=N–C) groups is 1. The number of amidine groups is 1. The molecule has 4 nitrogen and oxygen atoms in total. The van der Waals surface area contributed by atoms with E-state index in [9.17, 15) is 8.42 Å². The Morgan fingerprint density at radius 1 is 1.08 bits per heavy atom. The number of sulfone groups is 1. The summed E-state index contributed by atoms with van der Waals surface area (Å²) in [4.78, 5) is 6.88.